The lowest BCUT2D eigenvalue weighted by molar-refractivity contribution is -0.124. The van der Waals surface area contributed by atoms with Gasteiger partial charge in [-0.3, -0.25) is 9.59 Å². The third-order valence-electron chi connectivity index (χ3n) is 3.22. The first-order valence-corrected chi connectivity index (χ1v) is 6.97. The number of H-pyrrole nitrogens is 1. The van der Waals surface area contributed by atoms with Crippen molar-refractivity contribution in [2.45, 2.75) is 6.54 Å². The van der Waals surface area contributed by atoms with Crippen molar-refractivity contribution in [2.24, 2.45) is 0 Å². The van der Waals surface area contributed by atoms with Crippen LogP contribution in [0.4, 0.5) is 0 Å². The monoisotopic (exact) mass is 313 g/mol. The molecule has 0 saturated heterocycles. The zero-order chi connectivity index (χ0) is 16.2. The first-order chi connectivity index (χ1) is 11.2. The lowest BCUT2D eigenvalue weighted by Gasteiger charge is -2.06. The van der Waals surface area contributed by atoms with Crippen LogP contribution in [0.5, 0.6) is 0 Å². The van der Waals surface area contributed by atoms with Crippen molar-refractivity contribution in [1.29, 1.82) is 0 Å². The maximum atomic E-state index is 12.1. The number of benzene rings is 1. The Bertz CT molecular complexity index is 885. The highest BCUT2D eigenvalue weighted by Gasteiger charge is 2.11. The zero-order valence-corrected chi connectivity index (χ0v) is 12.4. The standard InChI is InChI=1S/C15H15N5O3/c1-23-9-13(21)16-8-12-18-14-11(15(22)19-12)7-17-20(14)10-5-3-2-4-6-10/h2-7H,8-9H2,1H3,(H,16,21)(H,18,19,22). The largest absolute Gasteiger partial charge is 0.375 e. The number of rotatable bonds is 5. The van der Waals surface area contributed by atoms with Gasteiger partial charge in [0, 0.05) is 7.11 Å². The fourth-order valence-corrected chi connectivity index (χ4v) is 2.17. The van der Waals surface area contributed by atoms with E-state index in [-0.39, 0.29) is 24.6 Å². The molecule has 2 aromatic heterocycles. The summed E-state index contributed by atoms with van der Waals surface area (Å²) in [7, 11) is 1.43. The van der Waals surface area contributed by atoms with E-state index in [1.807, 2.05) is 30.3 Å². The Hall–Kier alpha value is -3.00. The molecule has 8 nitrogen and oxygen atoms in total. The summed E-state index contributed by atoms with van der Waals surface area (Å²) in [5, 5.41) is 7.23. The number of nitrogens with one attached hydrogen (secondary N) is 2. The summed E-state index contributed by atoms with van der Waals surface area (Å²) in [6, 6.07) is 9.39. The third-order valence-corrected chi connectivity index (χ3v) is 3.22. The molecule has 23 heavy (non-hydrogen) atoms. The number of aromatic amines is 1. The van der Waals surface area contributed by atoms with Gasteiger partial charge in [0.05, 0.1) is 18.4 Å². The van der Waals surface area contributed by atoms with Gasteiger partial charge < -0.3 is 15.0 Å². The van der Waals surface area contributed by atoms with E-state index < -0.39 is 0 Å². The molecule has 8 heteroatoms. The lowest BCUT2D eigenvalue weighted by Crippen LogP contribution is -2.28. The van der Waals surface area contributed by atoms with Crippen LogP contribution in [-0.4, -0.2) is 39.4 Å². The molecule has 3 aromatic rings. The van der Waals surface area contributed by atoms with Crippen molar-refractivity contribution in [1.82, 2.24) is 25.1 Å². The van der Waals surface area contributed by atoms with E-state index in [0.29, 0.717) is 16.9 Å². The van der Waals surface area contributed by atoms with E-state index in [2.05, 4.69) is 20.4 Å². The first-order valence-electron chi connectivity index (χ1n) is 6.97. The molecule has 0 spiro atoms. The second-order valence-corrected chi connectivity index (χ2v) is 4.85. The summed E-state index contributed by atoms with van der Waals surface area (Å²) < 4.78 is 6.32. The fourth-order valence-electron chi connectivity index (χ4n) is 2.17. The van der Waals surface area contributed by atoms with Gasteiger partial charge in [0.2, 0.25) is 5.91 Å². The highest BCUT2D eigenvalue weighted by Crippen LogP contribution is 2.13. The number of aromatic nitrogens is 4. The minimum atomic E-state index is -0.298. The Morgan fingerprint density at radius 3 is 2.87 bits per heavy atom. The van der Waals surface area contributed by atoms with Crippen LogP contribution < -0.4 is 10.9 Å². The van der Waals surface area contributed by atoms with E-state index in [1.54, 1.807) is 4.68 Å². The molecule has 3 rings (SSSR count). The molecule has 0 aliphatic carbocycles. The van der Waals surface area contributed by atoms with Crippen LogP contribution in [0.3, 0.4) is 0 Å². The van der Waals surface area contributed by atoms with Gasteiger partial charge in [0.25, 0.3) is 5.56 Å². The quantitative estimate of drug-likeness (QED) is 0.708. The zero-order valence-electron chi connectivity index (χ0n) is 12.4. The molecule has 2 heterocycles. The highest BCUT2D eigenvalue weighted by atomic mass is 16.5. The number of fused-ring (bicyclic) bond motifs is 1. The third kappa shape index (κ3) is 3.11. The molecule has 1 amide bonds. The van der Waals surface area contributed by atoms with Crippen LogP contribution in [0.15, 0.2) is 41.3 Å². The van der Waals surface area contributed by atoms with E-state index >= 15 is 0 Å². The van der Waals surface area contributed by atoms with E-state index in [4.69, 9.17) is 4.74 Å². The van der Waals surface area contributed by atoms with Crippen LogP contribution in [0.2, 0.25) is 0 Å². The number of hydrogen-bond acceptors (Lipinski definition) is 5. The number of hydrogen-bond donors (Lipinski definition) is 2. The number of nitrogens with zero attached hydrogens (tertiary/aromatic N) is 3. The SMILES string of the molecule is COCC(=O)NCc1nc2c(cnn2-c2ccccc2)c(=O)[nH]1. The summed E-state index contributed by atoms with van der Waals surface area (Å²) in [6.07, 6.45) is 1.47. The number of para-hydroxylation sites is 1. The summed E-state index contributed by atoms with van der Waals surface area (Å²) in [5.41, 5.74) is 0.944. The maximum absolute atomic E-state index is 12.1. The molecule has 118 valence electrons. The summed E-state index contributed by atoms with van der Waals surface area (Å²) in [6.45, 7) is 0.0573. The second-order valence-electron chi connectivity index (χ2n) is 4.85. The van der Waals surface area contributed by atoms with Gasteiger partial charge in [-0.2, -0.15) is 5.10 Å². The molecule has 0 unspecified atom stereocenters. The molecule has 2 N–H and O–H groups in total. The molecule has 0 aliphatic heterocycles. The predicted molar refractivity (Wildman–Crippen MR) is 83.2 cm³/mol. The van der Waals surface area contributed by atoms with Gasteiger partial charge in [-0.15, -0.1) is 0 Å². The average Bonchev–Trinajstić information content (AvgIpc) is 2.98. The first kappa shape index (κ1) is 14.9. The van der Waals surface area contributed by atoms with E-state index in [0.717, 1.165) is 5.69 Å². The minimum absolute atomic E-state index is 0.0472. The number of methoxy groups -OCH3 is 1. The maximum Gasteiger partial charge on any atom is 0.262 e. The van der Waals surface area contributed by atoms with Crippen molar-refractivity contribution in [3.05, 3.63) is 52.7 Å². The molecule has 0 atom stereocenters. The van der Waals surface area contributed by atoms with Gasteiger partial charge in [-0.05, 0) is 12.1 Å². The fraction of sp³-hybridized carbons (Fsp3) is 0.200. The molecule has 0 radical (unpaired) electrons. The van der Waals surface area contributed by atoms with Gasteiger partial charge >= 0.3 is 0 Å². The van der Waals surface area contributed by atoms with Gasteiger partial charge in [-0.25, -0.2) is 9.67 Å². The number of amides is 1. The topological polar surface area (TPSA) is 102 Å². The van der Waals surface area contributed by atoms with Crippen LogP contribution in [0.25, 0.3) is 16.7 Å². The second kappa shape index (κ2) is 6.41. The normalized spacial score (nSPS) is 10.8. The van der Waals surface area contributed by atoms with Crippen molar-refractivity contribution in [3.63, 3.8) is 0 Å². The van der Waals surface area contributed by atoms with Gasteiger partial charge in [-0.1, -0.05) is 18.2 Å². The van der Waals surface area contributed by atoms with E-state index in [9.17, 15) is 9.59 Å². The van der Waals surface area contributed by atoms with Crippen molar-refractivity contribution >= 4 is 16.9 Å². The van der Waals surface area contributed by atoms with Gasteiger partial charge in [0.1, 0.15) is 17.8 Å². The Kier molecular flexibility index (Phi) is 4.15. The Labute approximate surface area is 131 Å². The number of carbonyl (C=O) groups is 1. The molecule has 0 aliphatic rings. The van der Waals surface area contributed by atoms with Crippen molar-refractivity contribution in [3.8, 4) is 5.69 Å². The summed E-state index contributed by atoms with van der Waals surface area (Å²) in [5.74, 6) is 0.0662. The molecule has 1 aromatic carbocycles. The number of ether oxygens (including phenoxy) is 1. The van der Waals surface area contributed by atoms with Crippen LogP contribution in [0, 0.1) is 0 Å². The summed E-state index contributed by atoms with van der Waals surface area (Å²) >= 11 is 0. The summed E-state index contributed by atoms with van der Waals surface area (Å²) in [4.78, 5) is 30.6. The van der Waals surface area contributed by atoms with Crippen LogP contribution in [0.1, 0.15) is 5.82 Å². The number of carbonyl (C=O) groups excluding carboxylic acids is 1. The highest BCUT2D eigenvalue weighted by molar-refractivity contribution is 5.77. The Balaban J connectivity index is 1.96. The Morgan fingerprint density at radius 1 is 1.35 bits per heavy atom. The molecular weight excluding hydrogens is 298 g/mol. The smallest absolute Gasteiger partial charge is 0.262 e. The predicted octanol–water partition coefficient (Wildman–Crippen LogP) is 0.371. The average molecular weight is 313 g/mol. The molecule has 0 saturated carbocycles. The molecule has 0 fully saturated rings. The molecular formula is C15H15N5O3. The Morgan fingerprint density at radius 2 is 2.13 bits per heavy atom. The minimum Gasteiger partial charge on any atom is -0.375 e. The van der Waals surface area contributed by atoms with Crippen LogP contribution in [-0.2, 0) is 16.1 Å². The lowest BCUT2D eigenvalue weighted by atomic mass is 10.3. The van der Waals surface area contributed by atoms with Crippen LogP contribution >= 0.6 is 0 Å². The van der Waals surface area contributed by atoms with E-state index in [1.165, 1.54) is 13.3 Å². The van der Waals surface area contributed by atoms with Crippen molar-refractivity contribution in [2.75, 3.05) is 13.7 Å². The van der Waals surface area contributed by atoms with Crippen molar-refractivity contribution < 1.29 is 9.53 Å². The molecule has 0 bridgehead atoms. The van der Waals surface area contributed by atoms with Gasteiger partial charge in [0.15, 0.2) is 5.65 Å².